The van der Waals surface area contributed by atoms with E-state index in [-0.39, 0.29) is 5.69 Å². The predicted octanol–water partition coefficient (Wildman–Crippen LogP) is 3.07. The van der Waals surface area contributed by atoms with Gasteiger partial charge in [-0.2, -0.15) is 0 Å². The normalized spacial score (nSPS) is 11.7. The molecule has 1 aromatic rings. The SMILES string of the molecule is CCC[C@@H](C)NC(=S)Nc1ccc([N+](=O)[O-])cc1. The highest BCUT2D eigenvalue weighted by molar-refractivity contribution is 7.80. The molecule has 6 heteroatoms. The van der Waals surface area contributed by atoms with E-state index in [2.05, 4.69) is 24.5 Å². The topological polar surface area (TPSA) is 67.2 Å². The number of thiocarbonyl (C=S) groups is 1. The fourth-order valence-corrected chi connectivity index (χ4v) is 1.88. The molecule has 0 heterocycles. The minimum Gasteiger partial charge on any atom is -0.360 e. The lowest BCUT2D eigenvalue weighted by Gasteiger charge is -2.16. The summed E-state index contributed by atoms with van der Waals surface area (Å²) in [4.78, 5) is 10.1. The number of nitro groups is 1. The number of nitro benzene ring substituents is 1. The summed E-state index contributed by atoms with van der Waals surface area (Å²) in [5, 5.41) is 17.2. The van der Waals surface area contributed by atoms with Crippen LogP contribution in [0.25, 0.3) is 0 Å². The smallest absolute Gasteiger partial charge is 0.269 e. The van der Waals surface area contributed by atoms with Crippen LogP contribution in [-0.4, -0.2) is 16.1 Å². The Morgan fingerprint density at radius 2 is 2.06 bits per heavy atom. The Morgan fingerprint density at radius 1 is 1.44 bits per heavy atom. The summed E-state index contributed by atoms with van der Waals surface area (Å²) in [6.45, 7) is 4.18. The highest BCUT2D eigenvalue weighted by atomic mass is 32.1. The number of nitrogens with one attached hydrogen (secondary N) is 2. The van der Waals surface area contributed by atoms with E-state index in [1.807, 2.05) is 0 Å². The molecule has 1 rings (SSSR count). The van der Waals surface area contributed by atoms with Crippen molar-refractivity contribution in [2.75, 3.05) is 5.32 Å². The number of rotatable bonds is 5. The maximum atomic E-state index is 10.5. The second kappa shape index (κ2) is 6.90. The van der Waals surface area contributed by atoms with Crippen LogP contribution in [0.2, 0.25) is 0 Å². The van der Waals surface area contributed by atoms with E-state index in [1.54, 1.807) is 12.1 Å². The molecule has 0 amide bonds. The molecule has 0 unspecified atom stereocenters. The Balaban J connectivity index is 2.51. The monoisotopic (exact) mass is 267 g/mol. The van der Waals surface area contributed by atoms with E-state index in [1.165, 1.54) is 12.1 Å². The molecule has 0 bridgehead atoms. The summed E-state index contributed by atoms with van der Waals surface area (Å²) in [7, 11) is 0. The molecular formula is C12H17N3O2S. The van der Waals surface area contributed by atoms with Crippen molar-refractivity contribution >= 4 is 28.7 Å². The van der Waals surface area contributed by atoms with Crippen LogP contribution in [0.5, 0.6) is 0 Å². The van der Waals surface area contributed by atoms with Crippen LogP contribution in [-0.2, 0) is 0 Å². The summed E-state index contributed by atoms with van der Waals surface area (Å²) in [6, 6.07) is 6.47. The Morgan fingerprint density at radius 3 is 2.56 bits per heavy atom. The average Bonchev–Trinajstić information content (AvgIpc) is 2.29. The molecule has 5 nitrogen and oxygen atoms in total. The fraction of sp³-hybridized carbons (Fsp3) is 0.417. The molecule has 2 N–H and O–H groups in total. The quantitative estimate of drug-likeness (QED) is 0.487. The van der Waals surface area contributed by atoms with Gasteiger partial charge in [0.25, 0.3) is 5.69 Å². The third-order valence-corrected chi connectivity index (χ3v) is 2.66. The van der Waals surface area contributed by atoms with Crippen molar-refractivity contribution < 1.29 is 4.92 Å². The van der Waals surface area contributed by atoms with Crippen molar-refractivity contribution in [1.29, 1.82) is 0 Å². The molecule has 0 aliphatic rings. The van der Waals surface area contributed by atoms with Gasteiger partial charge in [0.05, 0.1) is 4.92 Å². The van der Waals surface area contributed by atoms with Gasteiger partial charge in [-0.3, -0.25) is 10.1 Å². The second-order valence-electron chi connectivity index (χ2n) is 4.09. The van der Waals surface area contributed by atoms with Gasteiger partial charge < -0.3 is 10.6 Å². The molecule has 0 saturated carbocycles. The van der Waals surface area contributed by atoms with Crippen molar-refractivity contribution in [1.82, 2.24) is 5.32 Å². The van der Waals surface area contributed by atoms with Gasteiger partial charge in [0.2, 0.25) is 0 Å². The van der Waals surface area contributed by atoms with Crippen LogP contribution in [0.1, 0.15) is 26.7 Å². The van der Waals surface area contributed by atoms with Gasteiger partial charge in [-0.05, 0) is 37.7 Å². The molecular weight excluding hydrogens is 250 g/mol. The highest BCUT2D eigenvalue weighted by Crippen LogP contribution is 2.15. The van der Waals surface area contributed by atoms with Crippen LogP contribution in [0.4, 0.5) is 11.4 Å². The Bertz CT molecular complexity index is 420. The van der Waals surface area contributed by atoms with Crippen LogP contribution in [0.3, 0.4) is 0 Å². The molecule has 0 aromatic heterocycles. The number of anilines is 1. The first-order valence-electron chi connectivity index (χ1n) is 5.85. The van der Waals surface area contributed by atoms with Gasteiger partial charge in [-0.1, -0.05) is 13.3 Å². The molecule has 1 atom stereocenters. The van der Waals surface area contributed by atoms with Gasteiger partial charge in [0.1, 0.15) is 0 Å². The van der Waals surface area contributed by atoms with Gasteiger partial charge in [0, 0.05) is 23.9 Å². The molecule has 0 radical (unpaired) electrons. The standard InChI is InChI=1S/C12H17N3O2S/c1-3-4-9(2)13-12(18)14-10-5-7-11(8-6-10)15(16)17/h5-9H,3-4H2,1-2H3,(H2,13,14,18)/t9-/m1/s1. The van der Waals surface area contributed by atoms with Crippen LogP contribution in [0, 0.1) is 10.1 Å². The van der Waals surface area contributed by atoms with E-state index in [0.717, 1.165) is 18.5 Å². The van der Waals surface area contributed by atoms with Crippen LogP contribution in [0.15, 0.2) is 24.3 Å². The van der Waals surface area contributed by atoms with E-state index in [9.17, 15) is 10.1 Å². The van der Waals surface area contributed by atoms with E-state index >= 15 is 0 Å². The summed E-state index contributed by atoms with van der Waals surface area (Å²) >= 11 is 5.15. The Kier molecular flexibility index (Phi) is 5.51. The Labute approximate surface area is 112 Å². The number of hydrogen-bond donors (Lipinski definition) is 2. The van der Waals surface area contributed by atoms with Crippen LogP contribution >= 0.6 is 12.2 Å². The first-order chi connectivity index (χ1) is 8.52. The summed E-state index contributed by atoms with van der Waals surface area (Å²) in [5.41, 5.74) is 0.806. The number of hydrogen-bond acceptors (Lipinski definition) is 3. The van der Waals surface area contributed by atoms with Gasteiger partial charge in [-0.25, -0.2) is 0 Å². The van der Waals surface area contributed by atoms with Gasteiger partial charge >= 0.3 is 0 Å². The van der Waals surface area contributed by atoms with Crippen molar-refractivity contribution in [2.24, 2.45) is 0 Å². The first-order valence-corrected chi connectivity index (χ1v) is 6.25. The summed E-state index contributed by atoms with van der Waals surface area (Å²) < 4.78 is 0. The zero-order valence-corrected chi connectivity index (χ0v) is 11.3. The van der Waals surface area contributed by atoms with Crippen molar-refractivity contribution in [2.45, 2.75) is 32.7 Å². The lowest BCUT2D eigenvalue weighted by molar-refractivity contribution is -0.384. The molecule has 1 aromatic carbocycles. The molecule has 0 aliphatic carbocycles. The Hall–Kier alpha value is -1.69. The number of nitrogens with zero attached hydrogens (tertiary/aromatic N) is 1. The highest BCUT2D eigenvalue weighted by Gasteiger charge is 2.06. The number of non-ortho nitro benzene ring substituents is 1. The molecule has 0 fully saturated rings. The van der Waals surface area contributed by atoms with E-state index < -0.39 is 4.92 Å². The molecule has 0 saturated heterocycles. The third kappa shape index (κ3) is 4.67. The summed E-state index contributed by atoms with van der Waals surface area (Å²) in [6.07, 6.45) is 2.14. The average molecular weight is 267 g/mol. The molecule has 0 aliphatic heterocycles. The molecule has 0 spiro atoms. The zero-order chi connectivity index (χ0) is 13.5. The maximum Gasteiger partial charge on any atom is 0.269 e. The first kappa shape index (κ1) is 14.4. The van der Waals surface area contributed by atoms with E-state index in [0.29, 0.717) is 11.2 Å². The second-order valence-corrected chi connectivity index (χ2v) is 4.50. The summed E-state index contributed by atoms with van der Waals surface area (Å²) in [5.74, 6) is 0. The predicted molar refractivity (Wildman–Crippen MR) is 76.8 cm³/mol. The van der Waals surface area contributed by atoms with Crippen molar-refractivity contribution in [3.63, 3.8) is 0 Å². The number of benzene rings is 1. The van der Waals surface area contributed by atoms with E-state index in [4.69, 9.17) is 12.2 Å². The molecule has 18 heavy (non-hydrogen) atoms. The molecule has 98 valence electrons. The third-order valence-electron chi connectivity index (χ3n) is 2.44. The minimum atomic E-state index is -0.427. The van der Waals surface area contributed by atoms with Gasteiger partial charge in [-0.15, -0.1) is 0 Å². The minimum absolute atomic E-state index is 0.0683. The maximum absolute atomic E-state index is 10.5. The largest absolute Gasteiger partial charge is 0.360 e. The lowest BCUT2D eigenvalue weighted by atomic mass is 10.2. The van der Waals surface area contributed by atoms with Crippen molar-refractivity contribution in [3.8, 4) is 0 Å². The lowest BCUT2D eigenvalue weighted by Crippen LogP contribution is -2.35. The zero-order valence-electron chi connectivity index (χ0n) is 10.5. The van der Waals surface area contributed by atoms with Crippen molar-refractivity contribution in [3.05, 3.63) is 34.4 Å². The fourth-order valence-electron chi connectivity index (χ4n) is 1.56. The van der Waals surface area contributed by atoms with Crippen LogP contribution < -0.4 is 10.6 Å². The van der Waals surface area contributed by atoms with Gasteiger partial charge in [0.15, 0.2) is 5.11 Å².